The van der Waals surface area contributed by atoms with Crippen molar-refractivity contribution < 1.29 is 18.7 Å². The van der Waals surface area contributed by atoms with Gasteiger partial charge in [-0.3, -0.25) is 9.59 Å². The minimum atomic E-state index is -0.375. The highest BCUT2D eigenvalue weighted by molar-refractivity contribution is 7.14. The molecular weight excluding hydrogens is 333 g/mol. The molecule has 0 saturated carbocycles. The van der Waals surface area contributed by atoms with E-state index in [1.165, 1.54) is 30.4 Å². The highest BCUT2D eigenvalue weighted by Gasteiger charge is 2.23. The van der Waals surface area contributed by atoms with Crippen molar-refractivity contribution in [3.05, 3.63) is 40.7 Å². The number of carbonyl (C=O) groups is 2. The lowest BCUT2D eigenvalue weighted by molar-refractivity contribution is -0.114. The fourth-order valence-electron chi connectivity index (χ4n) is 2.52. The van der Waals surface area contributed by atoms with Crippen LogP contribution in [0, 0.1) is 5.82 Å². The third kappa shape index (κ3) is 3.70. The van der Waals surface area contributed by atoms with E-state index in [-0.39, 0.29) is 29.4 Å². The molecule has 24 heavy (non-hydrogen) atoms. The van der Waals surface area contributed by atoms with Crippen LogP contribution in [0.4, 0.5) is 9.52 Å². The average molecular weight is 349 g/mol. The fourth-order valence-corrected chi connectivity index (χ4v) is 3.25. The molecule has 0 radical (unpaired) electrons. The molecule has 0 bridgehead atoms. The zero-order chi connectivity index (χ0) is 17.1. The molecule has 3 rings (SSSR count). The third-order valence-corrected chi connectivity index (χ3v) is 4.32. The number of amides is 2. The second-order valence-corrected chi connectivity index (χ2v) is 6.28. The van der Waals surface area contributed by atoms with Gasteiger partial charge in [0.15, 0.2) is 5.13 Å². The summed E-state index contributed by atoms with van der Waals surface area (Å²) in [5.74, 6) is -0.414. The number of fused-ring (bicyclic) bond motifs is 1. The Morgan fingerprint density at radius 3 is 3.04 bits per heavy atom. The van der Waals surface area contributed by atoms with Crippen LogP contribution in [0.15, 0.2) is 23.6 Å². The van der Waals surface area contributed by atoms with Crippen LogP contribution in [0.5, 0.6) is 5.75 Å². The van der Waals surface area contributed by atoms with Gasteiger partial charge in [-0.1, -0.05) is 0 Å². The lowest BCUT2D eigenvalue weighted by Crippen LogP contribution is -2.28. The van der Waals surface area contributed by atoms with Gasteiger partial charge < -0.3 is 15.4 Å². The molecule has 126 valence electrons. The van der Waals surface area contributed by atoms with E-state index in [4.69, 9.17) is 4.74 Å². The van der Waals surface area contributed by atoms with Gasteiger partial charge in [-0.2, -0.15) is 0 Å². The standard InChI is InChI=1S/C16H16FN3O3S/c1-9(21)18-16-20-13(8-24-16)15(22)19-12-3-2-6-23-14-5-4-10(17)7-11(12)14/h4-5,7-8,12H,2-3,6H2,1H3,(H,19,22)(H,18,20,21)/t12-/m1/s1. The molecule has 0 unspecified atom stereocenters. The number of hydrogen-bond acceptors (Lipinski definition) is 5. The predicted octanol–water partition coefficient (Wildman–Crippen LogP) is 2.88. The number of nitrogens with zero attached hydrogens (tertiary/aromatic N) is 1. The first-order valence-electron chi connectivity index (χ1n) is 7.49. The maximum absolute atomic E-state index is 13.6. The second-order valence-electron chi connectivity index (χ2n) is 5.42. The molecule has 2 N–H and O–H groups in total. The molecule has 0 saturated heterocycles. The number of rotatable bonds is 3. The normalized spacial score (nSPS) is 16.5. The monoisotopic (exact) mass is 349 g/mol. The number of benzene rings is 1. The van der Waals surface area contributed by atoms with Crippen molar-refractivity contribution in [2.24, 2.45) is 0 Å². The molecule has 8 heteroatoms. The maximum atomic E-state index is 13.6. The number of aromatic nitrogens is 1. The molecule has 6 nitrogen and oxygen atoms in total. The first-order chi connectivity index (χ1) is 11.5. The summed E-state index contributed by atoms with van der Waals surface area (Å²) in [5, 5.41) is 7.34. The van der Waals surface area contributed by atoms with Gasteiger partial charge in [-0.15, -0.1) is 11.3 Å². The van der Waals surface area contributed by atoms with Gasteiger partial charge in [-0.25, -0.2) is 9.37 Å². The van der Waals surface area contributed by atoms with E-state index in [9.17, 15) is 14.0 Å². The van der Waals surface area contributed by atoms with Gasteiger partial charge in [-0.05, 0) is 31.0 Å². The largest absolute Gasteiger partial charge is 0.493 e. The molecule has 0 spiro atoms. The van der Waals surface area contributed by atoms with Gasteiger partial charge in [0, 0.05) is 17.9 Å². The molecule has 2 aromatic rings. The van der Waals surface area contributed by atoms with Crippen molar-refractivity contribution in [2.45, 2.75) is 25.8 Å². The molecule has 1 aromatic carbocycles. The van der Waals surface area contributed by atoms with Gasteiger partial charge in [0.1, 0.15) is 17.3 Å². The van der Waals surface area contributed by atoms with Crippen LogP contribution in [0.2, 0.25) is 0 Å². The van der Waals surface area contributed by atoms with Crippen molar-refractivity contribution in [1.82, 2.24) is 10.3 Å². The Bertz CT molecular complexity index is 778. The quantitative estimate of drug-likeness (QED) is 0.893. The first kappa shape index (κ1) is 16.4. The summed E-state index contributed by atoms with van der Waals surface area (Å²) < 4.78 is 19.2. The Balaban J connectivity index is 1.78. The summed E-state index contributed by atoms with van der Waals surface area (Å²) >= 11 is 1.17. The van der Waals surface area contributed by atoms with E-state index in [1.54, 1.807) is 11.4 Å². The SMILES string of the molecule is CC(=O)Nc1nc(C(=O)N[C@@H]2CCCOc3ccc(F)cc32)cs1. The zero-order valence-corrected chi connectivity index (χ0v) is 13.8. The Morgan fingerprint density at radius 2 is 2.25 bits per heavy atom. The maximum Gasteiger partial charge on any atom is 0.271 e. The molecule has 1 aliphatic heterocycles. The number of halogens is 1. The molecule has 1 aliphatic rings. The number of anilines is 1. The molecule has 0 fully saturated rings. The van der Waals surface area contributed by atoms with Crippen LogP contribution in [0.1, 0.15) is 41.9 Å². The molecule has 2 amide bonds. The summed E-state index contributed by atoms with van der Waals surface area (Å²) in [6.07, 6.45) is 1.39. The molecule has 1 aromatic heterocycles. The molecule has 1 atom stereocenters. The number of carbonyl (C=O) groups excluding carboxylic acids is 2. The van der Waals surface area contributed by atoms with E-state index in [2.05, 4.69) is 15.6 Å². The smallest absolute Gasteiger partial charge is 0.271 e. The van der Waals surface area contributed by atoms with Crippen LogP contribution in [-0.2, 0) is 4.79 Å². The minimum absolute atomic E-state index is 0.215. The number of hydrogen-bond donors (Lipinski definition) is 2. The lowest BCUT2D eigenvalue weighted by Gasteiger charge is -2.17. The van der Waals surface area contributed by atoms with Crippen LogP contribution >= 0.6 is 11.3 Å². The summed E-state index contributed by atoms with van der Waals surface area (Å²) in [6, 6.07) is 3.95. The number of thiazole rings is 1. The van der Waals surface area contributed by atoms with Crippen molar-refractivity contribution in [1.29, 1.82) is 0 Å². The Kier molecular flexibility index (Phi) is 4.75. The Hall–Kier alpha value is -2.48. The van der Waals surface area contributed by atoms with Crippen LogP contribution in [0.25, 0.3) is 0 Å². The van der Waals surface area contributed by atoms with E-state index in [0.29, 0.717) is 29.5 Å². The van der Waals surface area contributed by atoms with Crippen molar-refractivity contribution in [2.75, 3.05) is 11.9 Å². The van der Waals surface area contributed by atoms with Crippen LogP contribution in [-0.4, -0.2) is 23.4 Å². The van der Waals surface area contributed by atoms with E-state index in [0.717, 1.165) is 6.42 Å². The molecule has 0 aliphatic carbocycles. The van der Waals surface area contributed by atoms with E-state index in [1.807, 2.05) is 0 Å². The minimum Gasteiger partial charge on any atom is -0.493 e. The van der Waals surface area contributed by atoms with Crippen molar-refractivity contribution >= 4 is 28.3 Å². The van der Waals surface area contributed by atoms with Gasteiger partial charge in [0.25, 0.3) is 5.91 Å². The third-order valence-electron chi connectivity index (χ3n) is 3.57. The van der Waals surface area contributed by atoms with Crippen LogP contribution in [0.3, 0.4) is 0 Å². The zero-order valence-electron chi connectivity index (χ0n) is 13.0. The fraction of sp³-hybridized carbons (Fsp3) is 0.312. The molecular formula is C16H16FN3O3S. The average Bonchev–Trinajstić information content (AvgIpc) is 2.90. The summed E-state index contributed by atoms with van der Waals surface area (Å²) in [7, 11) is 0. The first-order valence-corrected chi connectivity index (χ1v) is 8.37. The van der Waals surface area contributed by atoms with E-state index < -0.39 is 0 Å². The van der Waals surface area contributed by atoms with Crippen molar-refractivity contribution in [3.8, 4) is 5.75 Å². The predicted molar refractivity (Wildman–Crippen MR) is 87.8 cm³/mol. The summed E-state index contributed by atoms with van der Waals surface area (Å²) in [5.41, 5.74) is 0.838. The van der Waals surface area contributed by atoms with E-state index >= 15 is 0 Å². The highest BCUT2D eigenvalue weighted by atomic mass is 32.1. The van der Waals surface area contributed by atoms with Crippen LogP contribution < -0.4 is 15.4 Å². The van der Waals surface area contributed by atoms with Crippen molar-refractivity contribution in [3.63, 3.8) is 0 Å². The van der Waals surface area contributed by atoms with Gasteiger partial charge >= 0.3 is 0 Å². The highest BCUT2D eigenvalue weighted by Crippen LogP contribution is 2.32. The molecule has 2 heterocycles. The summed E-state index contributed by atoms with van der Waals surface area (Å²) in [6.45, 7) is 1.90. The van der Waals surface area contributed by atoms with Gasteiger partial charge in [0.05, 0.1) is 12.6 Å². The number of ether oxygens (including phenoxy) is 1. The lowest BCUT2D eigenvalue weighted by atomic mass is 10.0. The Morgan fingerprint density at radius 1 is 1.42 bits per heavy atom. The van der Waals surface area contributed by atoms with Gasteiger partial charge in [0.2, 0.25) is 5.91 Å². The second kappa shape index (κ2) is 6.96. The topological polar surface area (TPSA) is 80.3 Å². The number of nitrogens with one attached hydrogen (secondary N) is 2. The Labute approximate surface area is 142 Å². The summed E-state index contributed by atoms with van der Waals surface area (Å²) in [4.78, 5) is 27.5.